The summed E-state index contributed by atoms with van der Waals surface area (Å²) < 4.78 is 11.5. The Morgan fingerprint density at radius 3 is 2.21 bits per heavy atom. The number of aliphatic carboxylic acids is 1. The summed E-state index contributed by atoms with van der Waals surface area (Å²) in [4.78, 5) is 39.6. The zero-order chi connectivity index (χ0) is 32.8. The van der Waals surface area contributed by atoms with E-state index in [1.165, 1.54) is 0 Å². The number of carbonyl (C=O) groups excluding carboxylic acids is 2. The fourth-order valence-corrected chi connectivity index (χ4v) is 5.06. The van der Waals surface area contributed by atoms with Crippen molar-refractivity contribution in [2.45, 2.75) is 50.6 Å². The van der Waals surface area contributed by atoms with Crippen molar-refractivity contribution in [2.75, 3.05) is 25.1 Å². The SMILES string of the molecule is O=C(Oc1ccccc1NC(CCc1ccc(OCCCN(CNC2CC2)C(=O)Cc2ccccc2)cc1)C(=O)O)c1ccccc1. The third-order valence-corrected chi connectivity index (χ3v) is 7.91. The smallest absolute Gasteiger partial charge is 0.343 e. The minimum Gasteiger partial charge on any atom is -0.494 e. The predicted molar refractivity (Wildman–Crippen MR) is 181 cm³/mol. The zero-order valence-corrected chi connectivity index (χ0v) is 26.3. The van der Waals surface area contributed by atoms with E-state index >= 15 is 0 Å². The molecule has 0 bridgehead atoms. The van der Waals surface area contributed by atoms with E-state index in [9.17, 15) is 19.5 Å². The number of amides is 1. The molecular formula is C38H41N3O6. The number of esters is 1. The van der Waals surface area contributed by atoms with Crippen molar-refractivity contribution in [3.8, 4) is 11.5 Å². The Morgan fingerprint density at radius 2 is 1.51 bits per heavy atom. The molecule has 1 atom stereocenters. The number of carboxylic acid groups (broad SMARTS) is 1. The van der Waals surface area contributed by atoms with Crippen molar-refractivity contribution in [3.63, 3.8) is 0 Å². The van der Waals surface area contributed by atoms with E-state index < -0.39 is 18.0 Å². The van der Waals surface area contributed by atoms with E-state index in [1.807, 2.05) is 65.6 Å². The van der Waals surface area contributed by atoms with Gasteiger partial charge in [-0.25, -0.2) is 9.59 Å². The molecule has 4 aromatic carbocycles. The van der Waals surface area contributed by atoms with Crippen LogP contribution >= 0.6 is 0 Å². The number of carboxylic acids is 1. The van der Waals surface area contributed by atoms with Crippen LogP contribution in [0.1, 0.15) is 47.2 Å². The molecule has 47 heavy (non-hydrogen) atoms. The highest BCUT2D eigenvalue weighted by molar-refractivity contribution is 5.92. The maximum absolute atomic E-state index is 13.0. The number of ether oxygens (including phenoxy) is 2. The quantitative estimate of drug-likeness (QED) is 0.0532. The van der Waals surface area contributed by atoms with Gasteiger partial charge in [-0.1, -0.05) is 72.8 Å². The van der Waals surface area contributed by atoms with Crippen LogP contribution in [0.5, 0.6) is 11.5 Å². The van der Waals surface area contributed by atoms with E-state index in [-0.39, 0.29) is 11.7 Å². The Morgan fingerprint density at radius 1 is 0.830 bits per heavy atom. The second kappa shape index (κ2) is 17.0. The normalized spacial score (nSPS) is 12.9. The van der Waals surface area contributed by atoms with Gasteiger partial charge in [0.2, 0.25) is 5.91 Å². The summed E-state index contributed by atoms with van der Waals surface area (Å²) in [5.41, 5.74) is 2.81. The lowest BCUT2D eigenvalue weighted by Crippen LogP contribution is -2.41. The largest absolute Gasteiger partial charge is 0.494 e. The van der Waals surface area contributed by atoms with Crippen LogP contribution in [-0.4, -0.2) is 59.8 Å². The van der Waals surface area contributed by atoms with Gasteiger partial charge in [-0.2, -0.15) is 0 Å². The zero-order valence-electron chi connectivity index (χ0n) is 26.3. The standard InChI is InChI=1S/C38H41N3O6/c42-36(26-29-10-3-1-4-11-29)41(27-39-31-19-20-31)24-9-25-46-32-21-16-28(17-22-32)18-23-34(37(43)44)40-33-14-7-8-15-35(33)47-38(45)30-12-5-2-6-13-30/h1-8,10-17,21-22,31,34,39-40H,9,18-20,23-27H2,(H,43,44). The monoisotopic (exact) mass is 635 g/mol. The van der Waals surface area contributed by atoms with Gasteiger partial charge in [-0.05, 0) is 79.6 Å². The fraction of sp³-hybridized carbons (Fsp3) is 0.289. The molecule has 3 N–H and O–H groups in total. The number of para-hydroxylation sites is 2. The van der Waals surface area contributed by atoms with Crippen LogP contribution < -0.4 is 20.1 Å². The summed E-state index contributed by atoms with van der Waals surface area (Å²) in [5.74, 6) is -0.447. The Balaban J connectivity index is 1.08. The molecule has 0 saturated heterocycles. The Kier molecular flexibility index (Phi) is 12.0. The Hall–Kier alpha value is -5.15. The number of nitrogens with zero attached hydrogens (tertiary/aromatic N) is 1. The van der Waals surface area contributed by atoms with Gasteiger partial charge in [0.1, 0.15) is 11.8 Å². The molecule has 0 aliphatic heterocycles. The molecule has 0 aromatic heterocycles. The molecule has 1 unspecified atom stereocenters. The van der Waals surface area contributed by atoms with Gasteiger partial charge >= 0.3 is 11.9 Å². The number of rotatable bonds is 18. The van der Waals surface area contributed by atoms with E-state index in [4.69, 9.17) is 9.47 Å². The van der Waals surface area contributed by atoms with Crippen LogP contribution in [0.2, 0.25) is 0 Å². The van der Waals surface area contributed by atoms with Gasteiger partial charge in [-0.15, -0.1) is 0 Å². The minimum absolute atomic E-state index is 0.0968. The van der Waals surface area contributed by atoms with E-state index in [2.05, 4.69) is 10.6 Å². The van der Waals surface area contributed by atoms with Crippen LogP contribution in [0.3, 0.4) is 0 Å². The van der Waals surface area contributed by atoms with Crippen LogP contribution in [0.4, 0.5) is 5.69 Å². The number of hydrogen-bond acceptors (Lipinski definition) is 7. The van der Waals surface area contributed by atoms with Gasteiger partial charge in [0, 0.05) is 12.6 Å². The summed E-state index contributed by atoms with van der Waals surface area (Å²) in [7, 11) is 0. The van der Waals surface area contributed by atoms with Gasteiger partial charge in [-0.3, -0.25) is 10.1 Å². The topological polar surface area (TPSA) is 117 Å². The van der Waals surface area contributed by atoms with Crippen LogP contribution in [0.15, 0.2) is 109 Å². The summed E-state index contributed by atoms with van der Waals surface area (Å²) in [6.45, 7) is 1.61. The molecule has 1 saturated carbocycles. The van der Waals surface area contributed by atoms with Crippen LogP contribution in [0.25, 0.3) is 0 Å². The number of anilines is 1. The highest BCUT2D eigenvalue weighted by atomic mass is 16.5. The second-order valence-corrected chi connectivity index (χ2v) is 11.6. The van der Waals surface area contributed by atoms with Gasteiger partial charge in [0.25, 0.3) is 0 Å². The van der Waals surface area contributed by atoms with Crippen molar-refractivity contribution in [3.05, 3.63) is 126 Å². The number of benzene rings is 4. The number of aryl methyl sites for hydroxylation is 1. The predicted octanol–water partition coefficient (Wildman–Crippen LogP) is 5.95. The first-order valence-electron chi connectivity index (χ1n) is 16.1. The molecule has 9 heteroatoms. The van der Waals surface area contributed by atoms with Gasteiger partial charge in [0.15, 0.2) is 5.75 Å². The first-order valence-corrected chi connectivity index (χ1v) is 16.1. The average Bonchev–Trinajstić information content (AvgIpc) is 3.93. The van der Waals surface area contributed by atoms with Crippen molar-refractivity contribution < 1.29 is 29.0 Å². The van der Waals surface area contributed by atoms with Crippen molar-refractivity contribution in [2.24, 2.45) is 0 Å². The lowest BCUT2D eigenvalue weighted by Gasteiger charge is -2.23. The molecule has 1 aliphatic carbocycles. The highest BCUT2D eigenvalue weighted by Gasteiger charge is 2.23. The Labute approximate surface area is 275 Å². The van der Waals surface area contributed by atoms with Gasteiger partial charge in [0.05, 0.1) is 30.9 Å². The first-order chi connectivity index (χ1) is 22.9. The van der Waals surface area contributed by atoms with Crippen molar-refractivity contribution in [1.82, 2.24) is 10.2 Å². The van der Waals surface area contributed by atoms with E-state index in [0.717, 1.165) is 24.0 Å². The lowest BCUT2D eigenvalue weighted by atomic mass is 10.0. The first kappa shape index (κ1) is 33.2. The summed E-state index contributed by atoms with van der Waals surface area (Å²) in [6.07, 6.45) is 4.23. The summed E-state index contributed by atoms with van der Waals surface area (Å²) in [6, 6.07) is 32.5. The molecule has 1 fully saturated rings. The molecule has 0 radical (unpaired) electrons. The highest BCUT2D eigenvalue weighted by Crippen LogP contribution is 2.27. The van der Waals surface area contributed by atoms with E-state index in [1.54, 1.807) is 48.5 Å². The maximum atomic E-state index is 13.0. The molecular weight excluding hydrogens is 594 g/mol. The second-order valence-electron chi connectivity index (χ2n) is 11.6. The summed E-state index contributed by atoms with van der Waals surface area (Å²) in [5, 5.41) is 16.4. The maximum Gasteiger partial charge on any atom is 0.343 e. The lowest BCUT2D eigenvalue weighted by molar-refractivity contribution is -0.138. The molecule has 1 aliphatic rings. The van der Waals surface area contributed by atoms with Crippen molar-refractivity contribution in [1.29, 1.82) is 0 Å². The van der Waals surface area contributed by atoms with Crippen LogP contribution in [-0.2, 0) is 22.4 Å². The van der Waals surface area contributed by atoms with Crippen LogP contribution in [0, 0.1) is 0 Å². The number of carbonyl (C=O) groups is 3. The molecule has 244 valence electrons. The fourth-order valence-electron chi connectivity index (χ4n) is 5.06. The molecule has 1 amide bonds. The molecule has 0 heterocycles. The van der Waals surface area contributed by atoms with E-state index in [0.29, 0.717) is 68.5 Å². The van der Waals surface area contributed by atoms with Crippen molar-refractivity contribution >= 4 is 23.5 Å². The molecule has 4 aromatic rings. The number of nitrogens with one attached hydrogen (secondary N) is 2. The average molecular weight is 636 g/mol. The minimum atomic E-state index is -1.00. The third-order valence-electron chi connectivity index (χ3n) is 7.91. The molecule has 0 spiro atoms. The Bertz CT molecular complexity index is 1590. The molecule has 5 rings (SSSR count). The molecule has 9 nitrogen and oxygen atoms in total. The summed E-state index contributed by atoms with van der Waals surface area (Å²) >= 11 is 0. The van der Waals surface area contributed by atoms with Gasteiger partial charge < -0.3 is 24.8 Å². The number of hydrogen-bond donors (Lipinski definition) is 3. The third kappa shape index (κ3) is 10.7.